The molecule has 0 amide bonds. The fourth-order valence-electron chi connectivity index (χ4n) is 1.07. The number of rotatable bonds is 12. The average molecular weight is 260 g/mol. The van der Waals surface area contributed by atoms with Crippen molar-refractivity contribution in [2.24, 2.45) is 0 Å². The summed E-state index contributed by atoms with van der Waals surface area (Å²) >= 11 is 1.67. The fraction of sp³-hybridized carbons (Fsp3) is 0.667. The van der Waals surface area contributed by atoms with Gasteiger partial charge in [-0.3, -0.25) is 0 Å². The Morgan fingerprint density at radius 1 is 0.765 bits per heavy atom. The molecule has 0 radical (unpaired) electrons. The van der Waals surface area contributed by atoms with E-state index in [9.17, 15) is 0 Å². The van der Waals surface area contributed by atoms with Crippen LogP contribution in [0.1, 0.15) is 12.8 Å². The third kappa shape index (κ3) is 15.7. The minimum Gasteiger partial charge on any atom is -0.395 e. The molecule has 4 nitrogen and oxygen atoms in total. The van der Waals surface area contributed by atoms with Crippen LogP contribution in [0.3, 0.4) is 0 Å². The molecule has 0 aliphatic heterocycles. The maximum atomic E-state index is 8.53. The van der Waals surface area contributed by atoms with Crippen LogP contribution in [-0.2, 0) is 0 Å². The van der Waals surface area contributed by atoms with Gasteiger partial charge in [0.05, 0.1) is 13.2 Å². The summed E-state index contributed by atoms with van der Waals surface area (Å²) in [5, 5.41) is 27.4. The second kappa shape index (κ2) is 15.7. The minimum atomic E-state index is 0.200. The largest absolute Gasteiger partial charge is 0.395 e. The van der Waals surface area contributed by atoms with Crippen LogP contribution in [0, 0.1) is 0 Å². The molecular weight excluding hydrogens is 236 g/mol. The van der Waals surface area contributed by atoms with Crippen LogP contribution in [-0.4, -0.2) is 49.6 Å². The van der Waals surface area contributed by atoms with Crippen LogP contribution in [0.5, 0.6) is 0 Å². The smallest absolute Gasteiger partial charge is 0.0555 e. The Balaban J connectivity index is 3.14. The number of hydrogen-bond acceptors (Lipinski definition) is 5. The van der Waals surface area contributed by atoms with Gasteiger partial charge in [-0.2, -0.15) is 0 Å². The van der Waals surface area contributed by atoms with E-state index in [2.05, 4.69) is 33.6 Å². The number of aliphatic hydroxyl groups excluding tert-OH is 2. The van der Waals surface area contributed by atoms with Gasteiger partial charge in [0.1, 0.15) is 0 Å². The van der Waals surface area contributed by atoms with Gasteiger partial charge in [-0.05, 0) is 36.7 Å². The van der Waals surface area contributed by atoms with E-state index in [0.29, 0.717) is 13.1 Å². The summed E-state index contributed by atoms with van der Waals surface area (Å²) in [4.78, 5) is 0. The fourth-order valence-corrected chi connectivity index (χ4v) is 1.66. The molecule has 0 aliphatic carbocycles. The van der Waals surface area contributed by atoms with Gasteiger partial charge >= 0.3 is 0 Å². The van der Waals surface area contributed by atoms with Crippen molar-refractivity contribution in [3.8, 4) is 0 Å². The summed E-state index contributed by atoms with van der Waals surface area (Å²) in [6.07, 6.45) is 6.20. The highest BCUT2D eigenvalue weighted by atomic mass is 32.2. The molecule has 100 valence electrons. The number of hydrogen-bond donors (Lipinski definition) is 4. The summed E-state index contributed by atoms with van der Waals surface area (Å²) in [5.41, 5.74) is 0. The normalized spacial score (nSPS) is 11.9. The summed E-state index contributed by atoms with van der Waals surface area (Å²) in [6.45, 7) is 3.55. The zero-order chi connectivity index (χ0) is 12.6. The molecule has 0 aliphatic rings. The molecular formula is C12H24N2O2S. The minimum absolute atomic E-state index is 0.200. The van der Waals surface area contributed by atoms with Crippen molar-refractivity contribution >= 4 is 11.8 Å². The first-order valence-electron chi connectivity index (χ1n) is 6.00. The van der Waals surface area contributed by atoms with Gasteiger partial charge in [0, 0.05) is 13.1 Å². The van der Waals surface area contributed by atoms with Gasteiger partial charge in [-0.15, -0.1) is 11.8 Å². The second-order valence-corrected chi connectivity index (χ2v) is 4.22. The molecule has 0 bridgehead atoms. The molecule has 0 rings (SSSR count). The van der Waals surface area contributed by atoms with Crippen LogP contribution in [0.25, 0.3) is 0 Å². The lowest BCUT2D eigenvalue weighted by Gasteiger charge is -1.97. The quantitative estimate of drug-likeness (QED) is 0.389. The van der Waals surface area contributed by atoms with E-state index in [1.54, 1.807) is 11.8 Å². The predicted octanol–water partition coefficient (Wildman–Crippen LogP) is 0.691. The van der Waals surface area contributed by atoms with E-state index in [-0.39, 0.29) is 13.2 Å². The number of thioether (sulfide) groups is 1. The molecule has 0 aromatic rings. The van der Waals surface area contributed by atoms with Crippen LogP contribution in [0.15, 0.2) is 23.0 Å². The number of aliphatic hydroxyl groups is 2. The number of nitrogens with one attached hydrogen (secondary N) is 2. The average Bonchev–Trinajstić information content (AvgIpc) is 2.35. The van der Waals surface area contributed by atoms with Gasteiger partial charge < -0.3 is 20.8 Å². The molecule has 4 N–H and O–H groups in total. The lowest BCUT2D eigenvalue weighted by Crippen LogP contribution is -2.18. The maximum Gasteiger partial charge on any atom is 0.0555 e. The molecule has 5 heteroatoms. The summed E-state index contributed by atoms with van der Waals surface area (Å²) in [6, 6.07) is 0. The molecule has 0 atom stereocenters. The first-order valence-corrected chi connectivity index (χ1v) is 6.94. The zero-order valence-electron chi connectivity index (χ0n) is 10.3. The zero-order valence-corrected chi connectivity index (χ0v) is 11.1. The molecule has 0 aromatic heterocycles. The van der Waals surface area contributed by atoms with Gasteiger partial charge in [0.2, 0.25) is 0 Å². The molecule has 0 heterocycles. The SMILES string of the molecule is OCCNCCC=CSC=CCCNCCO. The van der Waals surface area contributed by atoms with Crippen molar-refractivity contribution in [2.75, 3.05) is 39.4 Å². The molecule has 0 saturated carbocycles. The first kappa shape index (κ1) is 16.7. The van der Waals surface area contributed by atoms with Crippen molar-refractivity contribution in [1.82, 2.24) is 10.6 Å². The molecule has 0 fully saturated rings. The van der Waals surface area contributed by atoms with E-state index in [0.717, 1.165) is 25.9 Å². The highest BCUT2D eigenvalue weighted by Gasteiger charge is 1.83. The Kier molecular flexibility index (Phi) is 15.4. The second-order valence-electron chi connectivity index (χ2n) is 3.40. The summed E-state index contributed by atoms with van der Waals surface area (Å²) < 4.78 is 0. The van der Waals surface area contributed by atoms with E-state index in [4.69, 9.17) is 10.2 Å². The van der Waals surface area contributed by atoms with Crippen LogP contribution in [0.4, 0.5) is 0 Å². The van der Waals surface area contributed by atoms with E-state index in [1.807, 2.05) is 0 Å². The van der Waals surface area contributed by atoms with E-state index in [1.165, 1.54) is 0 Å². The van der Waals surface area contributed by atoms with Crippen molar-refractivity contribution in [3.63, 3.8) is 0 Å². The van der Waals surface area contributed by atoms with Gasteiger partial charge in [-0.25, -0.2) is 0 Å². The third-order valence-electron chi connectivity index (χ3n) is 1.90. The molecule has 17 heavy (non-hydrogen) atoms. The highest BCUT2D eigenvalue weighted by Crippen LogP contribution is 2.04. The van der Waals surface area contributed by atoms with Crippen molar-refractivity contribution in [3.05, 3.63) is 23.0 Å². The summed E-state index contributed by atoms with van der Waals surface area (Å²) in [7, 11) is 0. The van der Waals surface area contributed by atoms with Gasteiger partial charge in [0.25, 0.3) is 0 Å². The van der Waals surface area contributed by atoms with Gasteiger partial charge in [0.15, 0.2) is 0 Å². The Morgan fingerprint density at radius 3 is 1.65 bits per heavy atom. The van der Waals surface area contributed by atoms with Gasteiger partial charge in [-0.1, -0.05) is 12.2 Å². The van der Waals surface area contributed by atoms with E-state index >= 15 is 0 Å². The maximum absolute atomic E-state index is 8.53. The Hall–Kier alpha value is -0.330. The predicted molar refractivity (Wildman–Crippen MR) is 75.0 cm³/mol. The summed E-state index contributed by atoms with van der Waals surface area (Å²) in [5.74, 6) is 0. The monoisotopic (exact) mass is 260 g/mol. The first-order chi connectivity index (χ1) is 8.41. The Morgan fingerprint density at radius 2 is 1.24 bits per heavy atom. The molecule has 0 aromatic carbocycles. The van der Waals surface area contributed by atoms with Crippen molar-refractivity contribution in [1.29, 1.82) is 0 Å². The topological polar surface area (TPSA) is 64.5 Å². The van der Waals surface area contributed by atoms with E-state index < -0.39 is 0 Å². The van der Waals surface area contributed by atoms with Crippen molar-refractivity contribution < 1.29 is 10.2 Å². The molecule has 0 unspecified atom stereocenters. The molecule has 0 saturated heterocycles. The van der Waals surface area contributed by atoms with Crippen molar-refractivity contribution in [2.45, 2.75) is 12.8 Å². The highest BCUT2D eigenvalue weighted by molar-refractivity contribution is 8.04. The van der Waals surface area contributed by atoms with Crippen LogP contribution < -0.4 is 10.6 Å². The lowest BCUT2D eigenvalue weighted by molar-refractivity contribution is 0.292. The Bertz CT molecular complexity index is 179. The molecule has 0 spiro atoms. The third-order valence-corrected chi connectivity index (χ3v) is 2.60. The Labute approximate surface area is 108 Å². The lowest BCUT2D eigenvalue weighted by atomic mass is 10.4. The van der Waals surface area contributed by atoms with Crippen LogP contribution in [0.2, 0.25) is 0 Å². The standard InChI is InChI=1S/C12H24N2O2S/c15-9-7-13-5-1-3-11-17-12-4-2-6-14-8-10-16/h3-4,11-16H,1-2,5-10H2. The van der Waals surface area contributed by atoms with Crippen LogP contribution >= 0.6 is 11.8 Å².